The van der Waals surface area contributed by atoms with Gasteiger partial charge in [0.25, 0.3) is 5.91 Å². The standard InChI is InChI=1S/C17H15N3O2S/c21-16-14-13(10-20(16)9-12-7-4-8-23-12)18-17(22)19-15(14)11-5-2-1-3-6-11/h1-8,15H,9-10H2,(H2,18,19,22). The summed E-state index contributed by atoms with van der Waals surface area (Å²) in [6, 6.07) is 12.9. The molecular formula is C17H15N3O2S. The Morgan fingerprint density at radius 2 is 1.96 bits per heavy atom. The molecule has 0 fully saturated rings. The fourth-order valence-electron chi connectivity index (χ4n) is 3.04. The number of thiophene rings is 1. The number of carbonyl (C=O) groups is 2. The van der Waals surface area contributed by atoms with Gasteiger partial charge in [-0.3, -0.25) is 4.79 Å². The van der Waals surface area contributed by atoms with Crippen molar-refractivity contribution >= 4 is 23.3 Å². The molecule has 0 bridgehead atoms. The number of urea groups is 1. The molecule has 3 heterocycles. The van der Waals surface area contributed by atoms with Crippen LogP contribution in [0.15, 0.2) is 59.1 Å². The summed E-state index contributed by atoms with van der Waals surface area (Å²) >= 11 is 1.63. The minimum atomic E-state index is -0.388. The molecular weight excluding hydrogens is 310 g/mol. The topological polar surface area (TPSA) is 61.4 Å². The fourth-order valence-corrected chi connectivity index (χ4v) is 3.76. The molecule has 2 aliphatic rings. The Hall–Kier alpha value is -2.60. The number of hydrogen-bond donors (Lipinski definition) is 2. The maximum atomic E-state index is 12.8. The van der Waals surface area contributed by atoms with Crippen molar-refractivity contribution in [3.8, 4) is 0 Å². The maximum Gasteiger partial charge on any atom is 0.319 e. The monoisotopic (exact) mass is 325 g/mol. The van der Waals surface area contributed by atoms with E-state index in [1.165, 1.54) is 0 Å². The predicted molar refractivity (Wildman–Crippen MR) is 87.6 cm³/mol. The highest BCUT2D eigenvalue weighted by Gasteiger charge is 2.40. The minimum absolute atomic E-state index is 0.0187. The second-order valence-electron chi connectivity index (χ2n) is 5.57. The first-order valence-electron chi connectivity index (χ1n) is 7.39. The fraction of sp³-hybridized carbons (Fsp3) is 0.176. The van der Waals surface area contributed by atoms with E-state index >= 15 is 0 Å². The molecule has 3 amide bonds. The summed E-state index contributed by atoms with van der Waals surface area (Å²) in [6.07, 6.45) is 0. The minimum Gasteiger partial charge on any atom is -0.328 e. The van der Waals surface area contributed by atoms with Gasteiger partial charge in [0.1, 0.15) is 0 Å². The van der Waals surface area contributed by atoms with E-state index in [1.54, 1.807) is 16.2 Å². The molecule has 2 N–H and O–H groups in total. The molecule has 0 radical (unpaired) electrons. The molecule has 1 aromatic carbocycles. The normalized spacial score (nSPS) is 20.3. The van der Waals surface area contributed by atoms with E-state index in [0.717, 1.165) is 10.4 Å². The van der Waals surface area contributed by atoms with Crippen LogP contribution >= 0.6 is 11.3 Å². The van der Waals surface area contributed by atoms with Crippen molar-refractivity contribution < 1.29 is 9.59 Å². The molecule has 1 atom stereocenters. The summed E-state index contributed by atoms with van der Waals surface area (Å²) in [5.74, 6) is -0.0187. The molecule has 0 aliphatic carbocycles. The van der Waals surface area contributed by atoms with Gasteiger partial charge in [-0.25, -0.2) is 4.79 Å². The van der Waals surface area contributed by atoms with Crippen LogP contribution in [0.3, 0.4) is 0 Å². The molecule has 0 saturated carbocycles. The number of hydrogen-bond acceptors (Lipinski definition) is 3. The third kappa shape index (κ3) is 2.51. The quantitative estimate of drug-likeness (QED) is 0.910. The molecule has 23 heavy (non-hydrogen) atoms. The van der Waals surface area contributed by atoms with Gasteiger partial charge in [-0.05, 0) is 17.0 Å². The predicted octanol–water partition coefficient (Wildman–Crippen LogP) is 2.40. The van der Waals surface area contributed by atoms with E-state index in [9.17, 15) is 9.59 Å². The zero-order chi connectivity index (χ0) is 15.8. The summed E-state index contributed by atoms with van der Waals surface area (Å²) in [7, 11) is 0. The van der Waals surface area contributed by atoms with Gasteiger partial charge >= 0.3 is 6.03 Å². The highest BCUT2D eigenvalue weighted by molar-refractivity contribution is 7.09. The second kappa shape index (κ2) is 5.55. The second-order valence-corrected chi connectivity index (χ2v) is 6.61. The van der Waals surface area contributed by atoms with Crippen LogP contribution < -0.4 is 10.6 Å². The van der Waals surface area contributed by atoms with Crippen LogP contribution in [0.25, 0.3) is 0 Å². The third-order valence-electron chi connectivity index (χ3n) is 4.08. The first-order chi connectivity index (χ1) is 11.2. The van der Waals surface area contributed by atoms with Crippen LogP contribution in [0.4, 0.5) is 4.79 Å². The van der Waals surface area contributed by atoms with Crippen molar-refractivity contribution in [1.29, 1.82) is 0 Å². The van der Waals surface area contributed by atoms with Crippen molar-refractivity contribution in [2.24, 2.45) is 0 Å². The van der Waals surface area contributed by atoms with Crippen LogP contribution in [0.2, 0.25) is 0 Å². The van der Waals surface area contributed by atoms with Gasteiger partial charge in [0.05, 0.1) is 30.4 Å². The highest BCUT2D eigenvalue weighted by Crippen LogP contribution is 2.33. The molecule has 0 saturated heterocycles. The number of benzene rings is 1. The SMILES string of the molecule is O=C1NC2=C(C(=O)N(Cc3cccs3)C2)C(c2ccccc2)N1. The van der Waals surface area contributed by atoms with Crippen LogP contribution in [0, 0.1) is 0 Å². The lowest BCUT2D eigenvalue weighted by molar-refractivity contribution is -0.126. The molecule has 1 unspecified atom stereocenters. The summed E-state index contributed by atoms with van der Waals surface area (Å²) in [5.41, 5.74) is 2.28. The average molecular weight is 325 g/mol. The van der Waals surface area contributed by atoms with E-state index < -0.39 is 0 Å². The molecule has 6 heteroatoms. The maximum absolute atomic E-state index is 12.8. The number of amides is 3. The van der Waals surface area contributed by atoms with E-state index in [0.29, 0.717) is 24.4 Å². The van der Waals surface area contributed by atoms with Crippen molar-refractivity contribution in [2.45, 2.75) is 12.6 Å². The van der Waals surface area contributed by atoms with Crippen molar-refractivity contribution in [2.75, 3.05) is 6.54 Å². The first kappa shape index (κ1) is 14.0. The molecule has 2 aliphatic heterocycles. The molecule has 0 spiro atoms. The summed E-state index contributed by atoms with van der Waals surface area (Å²) in [5, 5.41) is 7.65. The van der Waals surface area contributed by atoms with Crippen molar-refractivity contribution in [3.05, 3.63) is 69.6 Å². The molecule has 116 valence electrons. The number of rotatable bonds is 3. The van der Waals surface area contributed by atoms with Crippen molar-refractivity contribution in [3.63, 3.8) is 0 Å². The summed E-state index contributed by atoms with van der Waals surface area (Å²) in [4.78, 5) is 27.7. The molecule has 2 aromatic rings. The van der Waals surface area contributed by atoms with Gasteiger partial charge in [0.2, 0.25) is 0 Å². The lowest BCUT2D eigenvalue weighted by Crippen LogP contribution is -2.44. The Balaban J connectivity index is 1.65. The molecule has 1 aromatic heterocycles. The number of nitrogens with zero attached hydrogens (tertiary/aromatic N) is 1. The van der Waals surface area contributed by atoms with Gasteiger partial charge in [0, 0.05) is 4.88 Å². The van der Waals surface area contributed by atoms with E-state index in [4.69, 9.17) is 0 Å². The lowest BCUT2D eigenvalue weighted by Gasteiger charge is -2.25. The van der Waals surface area contributed by atoms with Crippen LogP contribution in [0.5, 0.6) is 0 Å². The Labute approximate surface area is 137 Å². The molecule has 5 nitrogen and oxygen atoms in total. The lowest BCUT2D eigenvalue weighted by atomic mass is 9.96. The molecule has 4 rings (SSSR count). The van der Waals surface area contributed by atoms with E-state index in [1.807, 2.05) is 47.8 Å². The average Bonchev–Trinajstić information content (AvgIpc) is 3.17. The zero-order valence-electron chi connectivity index (χ0n) is 12.3. The summed E-state index contributed by atoms with van der Waals surface area (Å²) < 4.78 is 0. The van der Waals surface area contributed by atoms with E-state index in [-0.39, 0.29) is 18.0 Å². The van der Waals surface area contributed by atoms with Gasteiger partial charge < -0.3 is 15.5 Å². The Morgan fingerprint density at radius 3 is 2.70 bits per heavy atom. The van der Waals surface area contributed by atoms with Gasteiger partial charge in [-0.15, -0.1) is 11.3 Å². The highest BCUT2D eigenvalue weighted by atomic mass is 32.1. The Bertz CT molecular complexity index is 783. The smallest absolute Gasteiger partial charge is 0.319 e. The van der Waals surface area contributed by atoms with Gasteiger partial charge in [-0.1, -0.05) is 36.4 Å². The largest absolute Gasteiger partial charge is 0.328 e. The Kier molecular flexibility index (Phi) is 3.38. The number of carbonyl (C=O) groups excluding carboxylic acids is 2. The van der Waals surface area contributed by atoms with Crippen LogP contribution in [0.1, 0.15) is 16.5 Å². The van der Waals surface area contributed by atoms with E-state index in [2.05, 4.69) is 10.6 Å². The summed E-state index contributed by atoms with van der Waals surface area (Å²) in [6.45, 7) is 1.02. The first-order valence-corrected chi connectivity index (χ1v) is 8.27. The van der Waals surface area contributed by atoms with Crippen LogP contribution in [-0.4, -0.2) is 23.4 Å². The van der Waals surface area contributed by atoms with Crippen LogP contribution in [-0.2, 0) is 11.3 Å². The third-order valence-corrected chi connectivity index (χ3v) is 4.94. The van der Waals surface area contributed by atoms with Gasteiger partial charge in [-0.2, -0.15) is 0 Å². The Morgan fingerprint density at radius 1 is 1.13 bits per heavy atom. The van der Waals surface area contributed by atoms with Crippen molar-refractivity contribution in [1.82, 2.24) is 15.5 Å². The zero-order valence-corrected chi connectivity index (χ0v) is 13.1. The number of nitrogens with one attached hydrogen (secondary N) is 2. The van der Waals surface area contributed by atoms with Gasteiger partial charge in [0.15, 0.2) is 0 Å².